The number of rotatable bonds is 1. The maximum atomic E-state index is 11.5. The van der Waals surface area contributed by atoms with Gasteiger partial charge >= 0.3 is 0 Å². The minimum absolute atomic E-state index is 0.0226. The Balaban J connectivity index is 2.37. The lowest BCUT2D eigenvalue weighted by Gasteiger charge is -2.13. The van der Waals surface area contributed by atoms with Gasteiger partial charge in [-0.15, -0.1) is 0 Å². The Hall–Kier alpha value is -1.17. The summed E-state index contributed by atoms with van der Waals surface area (Å²) in [5.41, 5.74) is 0.378. The van der Waals surface area contributed by atoms with Gasteiger partial charge in [0, 0.05) is 29.6 Å². The Morgan fingerprint density at radius 3 is 2.87 bits per heavy atom. The molecule has 2 heterocycles. The molecule has 1 aliphatic heterocycles. The molecule has 2 rings (SSSR count). The number of H-pyrrole nitrogens is 1. The number of carbonyl (C=O) groups is 1. The third-order valence-electron chi connectivity index (χ3n) is 2.19. The lowest BCUT2D eigenvalue weighted by Crippen LogP contribution is -2.29. The van der Waals surface area contributed by atoms with E-state index in [2.05, 4.69) is 25.9 Å². The fourth-order valence-corrected chi connectivity index (χ4v) is 2.13. The molecular weight excluding hydrogens is 262 g/mol. The molecule has 6 heteroatoms. The van der Waals surface area contributed by atoms with E-state index in [4.69, 9.17) is 0 Å². The zero-order chi connectivity index (χ0) is 11.0. The molecule has 1 saturated heterocycles. The van der Waals surface area contributed by atoms with Crippen LogP contribution in [0.2, 0.25) is 0 Å². The Labute approximate surface area is 94.6 Å². The first-order valence-corrected chi connectivity index (χ1v) is 5.50. The number of aromatic amines is 1. The minimum Gasteiger partial charge on any atom is -0.292 e. The third-order valence-corrected chi connectivity index (χ3v) is 2.80. The van der Waals surface area contributed by atoms with Crippen LogP contribution >= 0.6 is 15.9 Å². The molecule has 80 valence electrons. The second-order valence-electron chi connectivity index (χ2n) is 3.52. The fraction of sp³-hybridized carbons (Fsp3) is 0.444. The van der Waals surface area contributed by atoms with Crippen molar-refractivity contribution in [1.29, 1.82) is 0 Å². The predicted octanol–water partition coefficient (Wildman–Crippen LogP) is 0.579. The molecule has 1 unspecified atom stereocenters. The molecule has 0 aliphatic carbocycles. The number of nitrogens with zero attached hydrogens (tertiary/aromatic N) is 2. The van der Waals surface area contributed by atoms with Crippen molar-refractivity contribution in [3.05, 3.63) is 22.1 Å². The van der Waals surface area contributed by atoms with Crippen LogP contribution in [0.1, 0.15) is 12.1 Å². The average molecular weight is 272 g/mol. The first-order valence-electron chi connectivity index (χ1n) is 4.58. The molecule has 1 N–H and O–H groups in total. The van der Waals surface area contributed by atoms with Gasteiger partial charge in [-0.3, -0.25) is 19.5 Å². The van der Waals surface area contributed by atoms with E-state index in [1.54, 1.807) is 6.92 Å². The van der Waals surface area contributed by atoms with E-state index in [0.29, 0.717) is 24.6 Å². The van der Waals surface area contributed by atoms with Crippen molar-refractivity contribution in [2.75, 3.05) is 11.4 Å². The van der Waals surface area contributed by atoms with Crippen LogP contribution in [0.25, 0.3) is 0 Å². The molecule has 5 nitrogen and oxygen atoms in total. The Kier molecular flexibility index (Phi) is 2.60. The van der Waals surface area contributed by atoms with Gasteiger partial charge in [0.25, 0.3) is 5.56 Å². The summed E-state index contributed by atoms with van der Waals surface area (Å²) in [6.07, 6.45) is 0.442. The summed E-state index contributed by atoms with van der Waals surface area (Å²) in [4.78, 5) is 31.1. The van der Waals surface area contributed by atoms with Crippen molar-refractivity contribution in [3.63, 3.8) is 0 Å². The average Bonchev–Trinajstić information content (AvgIpc) is 2.43. The highest BCUT2D eigenvalue weighted by Crippen LogP contribution is 2.21. The summed E-state index contributed by atoms with van der Waals surface area (Å²) in [6.45, 7) is 2.27. The molecule has 0 aromatic carbocycles. The Morgan fingerprint density at radius 2 is 2.33 bits per heavy atom. The lowest BCUT2D eigenvalue weighted by atomic mass is 10.4. The van der Waals surface area contributed by atoms with Gasteiger partial charge in [-0.05, 0) is 6.92 Å². The van der Waals surface area contributed by atoms with E-state index in [1.807, 2.05) is 0 Å². The zero-order valence-corrected chi connectivity index (χ0v) is 9.74. The number of hydrogen-bond donors (Lipinski definition) is 1. The van der Waals surface area contributed by atoms with Gasteiger partial charge in [-0.1, -0.05) is 15.9 Å². The first-order chi connectivity index (χ1) is 7.06. The summed E-state index contributed by atoms with van der Waals surface area (Å²) >= 11 is 3.37. The summed E-state index contributed by atoms with van der Waals surface area (Å²) < 4.78 is 0. The van der Waals surface area contributed by atoms with Gasteiger partial charge in [-0.2, -0.15) is 0 Å². The smallest absolute Gasteiger partial charge is 0.252 e. The van der Waals surface area contributed by atoms with E-state index in [-0.39, 0.29) is 16.3 Å². The monoisotopic (exact) mass is 271 g/mol. The molecule has 0 radical (unpaired) electrons. The molecule has 1 atom stereocenters. The molecule has 0 spiro atoms. The van der Waals surface area contributed by atoms with Crippen molar-refractivity contribution in [3.8, 4) is 0 Å². The zero-order valence-electron chi connectivity index (χ0n) is 8.16. The molecule has 1 fully saturated rings. The summed E-state index contributed by atoms with van der Waals surface area (Å²) in [7, 11) is 0. The number of hydrogen-bond acceptors (Lipinski definition) is 3. The minimum atomic E-state index is -0.233. The second kappa shape index (κ2) is 3.77. The highest BCUT2D eigenvalue weighted by molar-refractivity contribution is 9.09. The SMILES string of the molecule is Cc1cc(=O)[nH]c(N2CC(Br)CC2=O)n1. The van der Waals surface area contributed by atoms with Gasteiger partial charge in [0.15, 0.2) is 0 Å². The fourth-order valence-electron chi connectivity index (χ4n) is 1.56. The molecule has 0 bridgehead atoms. The van der Waals surface area contributed by atoms with Crippen LogP contribution in [0.4, 0.5) is 5.95 Å². The quantitative estimate of drug-likeness (QED) is 0.760. The number of aromatic nitrogens is 2. The van der Waals surface area contributed by atoms with Crippen molar-refractivity contribution in [2.24, 2.45) is 0 Å². The number of halogens is 1. The molecular formula is C9H10BrN3O2. The number of nitrogens with one attached hydrogen (secondary N) is 1. The standard InChI is InChI=1S/C9H10BrN3O2/c1-5-2-7(14)12-9(11-5)13-4-6(10)3-8(13)15/h2,6H,3-4H2,1H3,(H,11,12,14). The van der Waals surface area contributed by atoms with E-state index >= 15 is 0 Å². The predicted molar refractivity (Wildman–Crippen MR) is 59.3 cm³/mol. The molecule has 1 aromatic rings. The van der Waals surface area contributed by atoms with Gasteiger partial charge < -0.3 is 0 Å². The van der Waals surface area contributed by atoms with Gasteiger partial charge in [0.2, 0.25) is 11.9 Å². The van der Waals surface area contributed by atoms with Crippen molar-refractivity contribution >= 4 is 27.8 Å². The number of anilines is 1. The van der Waals surface area contributed by atoms with Crippen LogP contribution in [0, 0.1) is 6.92 Å². The van der Waals surface area contributed by atoms with Crippen LogP contribution in [0.5, 0.6) is 0 Å². The summed E-state index contributed by atoms with van der Waals surface area (Å²) in [6, 6.07) is 1.40. The van der Waals surface area contributed by atoms with E-state index < -0.39 is 0 Å². The Bertz CT molecular complexity index is 457. The van der Waals surface area contributed by atoms with Crippen LogP contribution in [-0.2, 0) is 4.79 Å². The molecule has 1 aliphatic rings. The van der Waals surface area contributed by atoms with Crippen molar-refractivity contribution in [2.45, 2.75) is 18.2 Å². The number of carbonyl (C=O) groups excluding carboxylic acids is 1. The third kappa shape index (κ3) is 2.09. The van der Waals surface area contributed by atoms with Gasteiger partial charge in [0.1, 0.15) is 0 Å². The topological polar surface area (TPSA) is 66.1 Å². The van der Waals surface area contributed by atoms with Gasteiger partial charge in [0.05, 0.1) is 0 Å². The number of amides is 1. The molecule has 15 heavy (non-hydrogen) atoms. The lowest BCUT2D eigenvalue weighted by molar-refractivity contribution is -0.117. The van der Waals surface area contributed by atoms with Crippen molar-refractivity contribution in [1.82, 2.24) is 9.97 Å². The highest BCUT2D eigenvalue weighted by atomic mass is 79.9. The van der Waals surface area contributed by atoms with Crippen LogP contribution in [-0.4, -0.2) is 27.2 Å². The van der Waals surface area contributed by atoms with Gasteiger partial charge in [-0.25, -0.2) is 4.98 Å². The van der Waals surface area contributed by atoms with E-state index in [1.165, 1.54) is 11.0 Å². The van der Waals surface area contributed by atoms with Crippen LogP contribution in [0.15, 0.2) is 10.9 Å². The maximum absolute atomic E-state index is 11.5. The molecule has 1 amide bonds. The number of aryl methyl sites for hydroxylation is 1. The summed E-state index contributed by atoms with van der Waals surface area (Å²) in [5.74, 6) is 0.317. The van der Waals surface area contributed by atoms with Crippen LogP contribution in [0.3, 0.4) is 0 Å². The first kappa shape index (κ1) is 10.4. The Morgan fingerprint density at radius 1 is 1.60 bits per heavy atom. The highest BCUT2D eigenvalue weighted by Gasteiger charge is 2.30. The van der Waals surface area contributed by atoms with Crippen LogP contribution < -0.4 is 10.5 Å². The maximum Gasteiger partial charge on any atom is 0.252 e. The second-order valence-corrected chi connectivity index (χ2v) is 4.81. The molecule has 1 aromatic heterocycles. The van der Waals surface area contributed by atoms with Crippen molar-refractivity contribution < 1.29 is 4.79 Å². The largest absolute Gasteiger partial charge is 0.292 e. The number of alkyl halides is 1. The van der Waals surface area contributed by atoms with E-state index in [0.717, 1.165) is 0 Å². The molecule has 0 saturated carbocycles. The normalized spacial score (nSPS) is 21.1. The van der Waals surface area contributed by atoms with E-state index in [9.17, 15) is 9.59 Å². The summed E-state index contributed by atoms with van der Waals surface area (Å²) in [5, 5.41) is 0.